The topological polar surface area (TPSA) is 80.9 Å². The van der Waals surface area contributed by atoms with Gasteiger partial charge in [0.1, 0.15) is 23.0 Å². The number of rotatable bonds is 1. The van der Waals surface area contributed by atoms with Gasteiger partial charge in [0.25, 0.3) is 0 Å². The fraction of sp³-hybridized carbons (Fsp3) is 0. The van der Waals surface area contributed by atoms with Gasteiger partial charge in [0.2, 0.25) is 0 Å². The maximum Gasteiger partial charge on any atom is 0.123 e. The first-order valence-electron chi connectivity index (χ1n) is 8.03. The van der Waals surface area contributed by atoms with Gasteiger partial charge in [0.15, 0.2) is 0 Å². The smallest absolute Gasteiger partial charge is 0.123 e. The zero-order valence-corrected chi connectivity index (χ0v) is 13.9. The monoisotopic (exact) mass is 346 g/mol. The molecule has 0 unspecified atom stereocenters. The zero-order chi connectivity index (χ0) is 18.5. The summed E-state index contributed by atoms with van der Waals surface area (Å²) in [5, 5.41) is 38.3. The molecule has 0 amide bonds. The standard InChI is InChI=1S/C12H10O2.C10H8O2/c13-11-5-1-9(2-6-11)10-3-7-12(14)8-4-10;11-9-5-1-3-7-8(9)4-2-6-10(7)12/h1-8,13-14H;1-6,11-12H. The van der Waals surface area contributed by atoms with Crippen LogP contribution in [-0.4, -0.2) is 20.4 Å². The molecule has 0 bridgehead atoms. The molecule has 0 aromatic heterocycles. The Balaban J connectivity index is 0.000000152. The highest BCUT2D eigenvalue weighted by Crippen LogP contribution is 2.30. The molecular weight excluding hydrogens is 328 g/mol. The van der Waals surface area contributed by atoms with Gasteiger partial charge in [-0.15, -0.1) is 0 Å². The lowest BCUT2D eigenvalue weighted by atomic mass is 10.1. The van der Waals surface area contributed by atoms with Crippen LogP contribution in [0.25, 0.3) is 21.9 Å². The summed E-state index contributed by atoms with van der Waals surface area (Å²) in [6.07, 6.45) is 0. The third kappa shape index (κ3) is 3.87. The molecule has 0 saturated heterocycles. The van der Waals surface area contributed by atoms with Crippen LogP contribution in [0.1, 0.15) is 0 Å². The summed E-state index contributed by atoms with van der Waals surface area (Å²) in [6, 6.07) is 24.1. The van der Waals surface area contributed by atoms with Gasteiger partial charge in [0.05, 0.1) is 0 Å². The molecule has 0 spiro atoms. The Morgan fingerprint density at radius 1 is 0.385 bits per heavy atom. The molecule has 0 saturated carbocycles. The predicted molar refractivity (Wildman–Crippen MR) is 102 cm³/mol. The number of aromatic hydroxyl groups is 4. The minimum Gasteiger partial charge on any atom is -0.508 e. The predicted octanol–water partition coefficient (Wildman–Crippen LogP) is 5.02. The van der Waals surface area contributed by atoms with Gasteiger partial charge in [-0.05, 0) is 47.5 Å². The van der Waals surface area contributed by atoms with E-state index in [1.54, 1.807) is 60.7 Å². The first kappa shape index (κ1) is 17.2. The normalized spacial score (nSPS) is 10.2. The molecule has 4 heteroatoms. The third-order valence-electron chi connectivity index (χ3n) is 3.94. The van der Waals surface area contributed by atoms with Gasteiger partial charge in [0, 0.05) is 10.8 Å². The molecule has 26 heavy (non-hydrogen) atoms. The van der Waals surface area contributed by atoms with Crippen LogP contribution in [0.5, 0.6) is 23.0 Å². The molecular formula is C22H18O4. The lowest BCUT2D eigenvalue weighted by Crippen LogP contribution is -1.75. The van der Waals surface area contributed by atoms with Crippen molar-refractivity contribution in [3.05, 3.63) is 84.9 Å². The number of hydrogen-bond donors (Lipinski definition) is 4. The van der Waals surface area contributed by atoms with Gasteiger partial charge in [-0.1, -0.05) is 48.5 Å². The zero-order valence-electron chi connectivity index (χ0n) is 13.9. The summed E-state index contributed by atoms with van der Waals surface area (Å²) >= 11 is 0. The highest BCUT2D eigenvalue weighted by molar-refractivity contribution is 5.92. The van der Waals surface area contributed by atoms with Crippen molar-refractivity contribution < 1.29 is 20.4 Å². The van der Waals surface area contributed by atoms with Crippen molar-refractivity contribution in [2.24, 2.45) is 0 Å². The van der Waals surface area contributed by atoms with Crippen molar-refractivity contribution in [3.8, 4) is 34.1 Å². The van der Waals surface area contributed by atoms with E-state index in [4.69, 9.17) is 10.2 Å². The van der Waals surface area contributed by atoms with E-state index in [2.05, 4.69) is 0 Å². The fourth-order valence-electron chi connectivity index (χ4n) is 2.58. The van der Waals surface area contributed by atoms with E-state index < -0.39 is 0 Å². The highest BCUT2D eigenvalue weighted by atomic mass is 16.3. The molecule has 4 N–H and O–H groups in total. The van der Waals surface area contributed by atoms with Gasteiger partial charge < -0.3 is 20.4 Å². The Kier molecular flexibility index (Phi) is 4.94. The van der Waals surface area contributed by atoms with Crippen LogP contribution in [0.3, 0.4) is 0 Å². The van der Waals surface area contributed by atoms with Crippen LogP contribution in [0.15, 0.2) is 84.9 Å². The molecule has 0 atom stereocenters. The van der Waals surface area contributed by atoms with E-state index in [0.29, 0.717) is 10.8 Å². The van der Waals surface area contributed by atoms with Gasteiger partial charge in [-0.25, -0.2) is 0 Å². The Hall–Kier alpha value is -3.66. The number of phenols is 4. The first-order valence-corrected chi connectivity index (χ1v) is 8.03. The Bertz CT molecular complexity index is 922. The summed E-state index contributed by atoms with van der Waals surface area (Å²) in [5.74, 6) is 0.909. The van der Waals surface area contributed by atoms with Crippen LogP contribution < -0.4 is 0 Å². The quantitative estimate of drug-likeness (QED) is 0.390. The van der Waals surface area contributed by atoms with E-state index in [1.807, 2.05) is 24.3 Å². The summed E-state index contributed by atoms with van der Waals surface area (Å²) < 4.78 is 0. The number of benzene rings is 4. The molecule has 0 fully saturated rings. The van der Waals surface area contributed by atoms with Crippen LogP contribution in [-0.2, 0) is 0 Å². The van der Waals surface area contributed by atoms with E-state index in [1.165, 1.54) is 0 Å². The van der Waals surface area contributed by atoms with Crippen LogP contribution in [0.2, 0.25) is 0 Å². The van der Waals surface area contributed by atoms with Gasteiger partial charge >= 0.3 is 0 Å². The lowest BCUT2D eigenvalue weighted by Gasteiger charge is -2.01. The van der Waals surface area contributed by atoms with Crippen LogP contribution in [0, 0.1) is 0 Å². The second kappa shape index (κ2) is 7.49. The van der Waals surface area contributed by atoms with Crippen molar-refractivity contribution in [2.75, 3.05) is 0 Å². The molecule has 0 aliphatic rings. The Morgan fingerprint density at radius 2 is 0.731 bits per heavy atom. The number of fused-ring (bicyclic) bond motifs is 1. The maximum atomic E-state index is 9.38. The van der Waals surface area contributed by atoms with E-state index in [0.717, 1.165) is 11.1 Å². The van der Waals surface area contributed by atoms with Crippen molar-refractivity contribution in [2.45, 2.75) is 0 Å². The second-order valence-electron chi connectivity index (χ2n) is 5.74. The van der Waals surface area contributed by atoms with Gasteiger partial charge in [-0.2, -0.15) is 0 Å². The molecule has 130 valence electrons. The molecule has 4 rings (SSSR count). The minimum atomic E-state index is 0.198. The molecule has 4 aromatic rings. The van der Waals surface area contributed by atoms with Crippen LogP contribution >= 0.6 is 0 Å². The van der Waals surface area contributed by atoms with Gasteiger partial charge in [-0.3, -0.25) is 0 Å². The molecule has 0 aliphatic heterocycles. The van der Waals surface area contributed by atoms with Crippen LogP contribution in [0.4, 0.5) is 0 Å². The molecule has 4 aromatic carbocycles. The van der Waals surface area contributed by atoms with E-state index in [9.17, 15) is 10.2 Å². The minimum absolute atomic E-state index is 0.198. The summed E-state index contributed by atoms with van der Waals surface area (Å²) in [4.78, 5) is 0. The summed E-state index contributed by atoms with van der Waals surface area (Å²) in [6.45, 7) is 0. The largest absolute Gasteiger partial charge is 0.508 e. The molecule has 0 aliphatic carbocycles. The van der Waals surface area contributed by atoms with E-state index >= 15 is 0 Å². The Labute approximate surface area is 150 Å². The van der Waals surface area contributed by atoms with Crippen molar-refractivity contribution in [1.29, 1.82) is 0 Å². The maximum absolute atomic E-state index is 9.38. The molecule has 0 radical (unpaired) electrons. The molecule has 4 nitrogen and oxygen atoms in total. The Morgan fingerprint density at radius 3 is 1.08 bits per heavy atom. The summed E-state index contributed by atoms with van der Waals surface area (Å²) in [7, 11) is 0. The second-order valence-corrected chi connectivity index (χ2v) is 5.74. The SMILES string of the molecule is Oc1ccc(-c2ccc(O)cc2)cc1.Oc1cccc2c(O)cccc12. The summed E-state index contributed by atoms with van der Waals surface area (Å²) in [5.41, 5.74) is 2.03. The number of phenolic OH excluding ortho intramolecular Hbond substituents is 4. The first-order chi connectivity index (χ1) is 12.5. The number of hydrogen-bond acceptors (Lipinski definition) is 4. The van der Waals surface area contributed by atoms with Crippen molar-refractivity contribution in [1.82, 2.24) is 0 Å². The fourth-order valence-corrected chi connectivity index (χ4v) is 2.58. The van der Waals surface area contributed by atoms with Crippen molar-refractivity contribution >= 4 is 10.8 Å². The van der Waals surface area contributed by atoms with E-state index in [-0.39, 0.29) is 23.0 Å². The lowest BCUT2D eigenvalue weighted by molar-refractivity contribution is 0.474. The molecule has 0 heterocycles. The highest BCUT2D eigenvalue weighted by Gasteiger charge is 2.01. The van der Waals surface area contributed by atoms with Crippen molar-refractivity contribution in [3.63, 3.8) is 0 Å². The average molecular weight is 346 g/mol. The average Bonchev–Trinajstić information content (AvgIpc) is 2.65. The third-order valence-corrected chi connectivity index (χ3v) is 3.94.